The van der Waals surface area contributed by atoms with Crippen molar-refractivity contribution in [3.63, 3.8) is 0 Å². The molecule has 0 radical (unpaired) electrons. The zero-order chi connectivity index (χ0) is 13.0. The third-order valence-electron chi connectivity index (χ3n) is 2.77. The van der Waals surface area contributed by atoms with E-state index in [-0.39, 0.29) is 0 Å². The topological polar surface area (TPSA) is 46.5 Å². The van der Waals surface area contributed by atoms with Gasteiger partial charge in [0.25, 0.3) is 0 Å². The second-order valence-electron chi connectivity index (χ2n) is 3.95. The van der Waals surface area contributed by atoms with E-state index in [0.717, 1.165) is 11.1 Å². The predicted octanol–water partition coefficient (Wildman–Crippen LogP) is 2.77. The number of aliphatic hydroxyl groups excluding tert-OH is 1. The summed E-state index contributed by atoms with van der Waals surface area (Å²) in [5.41, 5.74) is 3.80. The van der Waals surface area contributed by atoms with Gasteiger partial charge in [0.15, 0.2) is 6.79 Å². The molecule has 0 bridgehead atoms. The summed E-state index contributed by atoms with van der Waals surface area (Å²) in [6, 6.07) is 15.2. The molecule has 92 valence electrons. The van der Waals surface area contributed by atoms with Gasteiger partial charge in [-0.15, -0.1) is 0 Å². The highest BCUT2D eigenvalue weighted by Crippen LogP contribution is 2.23. The van der Waals surface area contributed by atoms with Crippen LogP contribution in [0.3, 0.4) is 0 Å². The van der Waals surface area contributed by atoms with Crippen molar-refractivity contribution < 1.29 is 14.6 Å². The van der Waals surface area contributed by atoms with E-state index in [1.165, 1.54) is 5.56 Å². The van der Waals surface area contributed by atoms with Gasteiger partial charge >= 0.3 is 5.97 Å². The third kappa shape index (κ3) is 2.57. The van der Waals surface area contributed by atoms with E-state index in [1.807, 2.05) is 43.3 Å². The Hall–Kier alpha value is -2.13. The first-order valence-electron chi connectivity index (χ1n) is 5.66. The molecule has 3 heteroatoms. The van der Waals surface area contributed by atoms with Crippen LogP contribution in [0.2, 0.25) is 0 Å². The molecular formula is C15H14O3. The Labute approximate surface area is 106 Å². The average Bonchev–Trinajstić information content (AvgIpc) is 2.40. The van der Waals surface area contributed by atoms with Crippen molar-refractivity contribution in [1.82, 2.24) is 0 Å². The first-order valence-corrected chi connectivity index (χ1v) is 5.66. The van der Waals surface area contributed by atoms with E-state index in [0.29, 0.717) is 5.56 Å². The van der Waals surface area contributed by atoms with E-state index in [4.69, 9.17) is 5.11 Å². The van der Waals surface area contributed by atoms with Gasteiger partial charge in [-0.3, -0.25) is 0 Å². The molecule has 0 amide bonds. The van der Waals surface area contributed by atoms with Crippen LogP contribution < -0.4 is 0 Å². The third-order valence-corrected chi connectivity index (χ3v) is 2.77. The average molecular weight is 242 g/mol. The minimum Gasteiger partial charge on any atom is -0.435 e. The smallest absolute Gasteiger partial charge is 0.340 e. The summed E-state index contributed by atoms with van der Waals surface area (Å²) >= 11 is 0. The molecule has 18 heavy (non-hydrogen) atoms. The van der Waals surface area contributed by atoms with E-state index in [2.05, 4.69) is 4.74 Å². The number of aryl methyl sites for hydroxylation is 1. The molecule has 0 fully saturated rings. The number of hydrogen-bond acceptors (Lipinski definition) is 3. The highest BCUT2D eigenvalue weighted by molar-refractivity contribution is 5.90. The van der Waals surface area contributed by atoms with Crippen LogP contribution in [0, 0.1) is 6.92 Å². The fourth-order valence-electron chi connectivity index (χ4n) is 1.82. The Morgan fingerprint density at radius 1 is 1.11 bits per heavy atom. The molecule has 0 saturated heterocycles. The zero-order valence-corrected chi connectivity index (χ0v) is 10.1. The number of esters is 1. The van der Waals surface area contributed by atoms with Gasteiger partial charge in [0, 0.05) is 0 Å². The number of carbonyl (C=O) groups excluding carboxylic acids is 1. The number of carbonyl (C=O) groups is 1. The SMILES string of the molecule is Cc1ccccc1-c1ccc(C(=O)OCO)cc1. The van der Waals surface area contributed by atoms with Crippen molar-refractivity contribution in [3.05, 3.63) is 59.7 Å². The summed E-state index contributed by atoms with van der Waals surface area (Å²) in [5, 5.41) is 8.52. The molecule has 0 atom stereocenters. The molecule has 0 spiro atoms. The second kappa shape index (κ2) is 5.47. The first-order chi connectivity index (χ1) is 8.72. The molecule has 0 aliphatic heterocycles. The lowest BCUT2D eigenvalue weighted by molar-refractivity contribution is 0.00684. The minimum atomic E-state index is -0.599. The fraction of sp³-hybridized carbons (Fsp3) is 0.133. The molecule has 0 aliphatic carbocycles. The number of hydrogen-bond donors (Lipinski definition) is 1. The van der Waals surface area contributed by atoms with Gasteiger partial charge in [-0.25, -0.2) is 4.79 Å². The lowest BCUT2D eigenvalue weighted by Crippen LogP contribution is -2.05. The molecule has 2 aromatic carbocycles. The van der Waals surface area contributed by atoms with Gasteiger partial charge < -0.3 is 9.84 Å². The standard InChI is InChI=1S/C15H14O3/c1-11-4-2-3-5-14(11)12-6-8-13(9-7-12)15(17)18-10-16/h2-9,16H,10H2,1H3. The number of aliphatic hydroxyl groups is 1. The van der Waals surface area contributed by atoms with Crippen molar-refractivity contribution in [2.24, 2.45) is 0 Å². The summed E-state index contributed by atoms with van der Waals surface area (Å²) in [4.78, 5) is 11.4. The molecule has 3 nitrogen and oxygen atoms in total. The van der Waals surface area contributed by atoms with E-state index in [9.17, 15) is 4.79 Å². The summed E-state index contributed by atoms with van der Waals surface area (Å²) in [6.45, 7) is 1.45. The van der Waals surface area contributed by atoms with Crippen molar-refractivity contribution in [3.8, 4) is 11.1 Å². The number of benzene rings is 2. The number of ether oxygens (including phenoxy) is 1. The zero-order valence-electron chi connectivity index (χ0n) is 10.1. The van der Waals surface area contributed by atoms with Gasteiger partial charge in [0.2, 0.25) is 0 Å². The maximum Gasteiger partial charge on any atom is 0.340 e. The number of rotatable bonds is 3. The maximum absolute atomic E-state index is 11.4. The van der Waals surface area contributed by atoms with E-state index < -0.39 is 12.8 Å². The normalized spacial score (nSPS) is 10.1. The van der Waals surface area contributed by atoms with Crippen LogP contribution in [0.15, 0.2) is 48.5 Å². The molecule has 0 aliphatic rings. The first kappa shape index (κ1) is 12.3. The Morgan fingerprint density at radius 3 is 2.39 bits per heavy atom. The van der Waals surface area contributed by atoms with Gasteiger partial charge in [0.05, 0.1) is 5.56 Å². The molecule has 0 heterocycles. The van der Waals surface area contributed by atoms with Crippen molar-refractivity contribution in [2.45, 2.75) is 6.92 Å². The fourth-order valence-corrected chi connectivity index (χ4v) is 1.82. The highest BCUT2D eigenvalue weighted by Gasteiger charge is 2.07. The van der Waals surface area contributed by atoms with E-state index >= 15 is 0 Å². The molecule has 1 N–H and O–H groups in total. The van der Waals surface area contributed by atoms with Crippen LogP contribution in [0.5, 0.6) is 0 Å². The predicted molar refractivity (Wildman–Crippen MR) is 69.1 cm³/mol. The Morgan fingerprint density at radius 2 is 1.78 bits per heavy atom. The lowest BCUT2D eigenvalue weighted by atomic mass is 10.00. The summed E-state index contributed by atoms with van der Waals surface area (Å²) in [6.07, 6.45) is 0. The Kier molecular flexibility index (Phi) is 3.75. The van der Waals surface area contributed by atoms with E-state index in [1.54, 1.807) is 12.1 Å². The van der Waals surface area contributed by atoms with Crippen LogP contribution in [-0.2, 0) is 4.74 Å². The molecule has 0 unspecified atom stereocenters. The van der Waals surface area contributed by atoms with Crippen LogP contribution in [-0.4, -0.2) is 17.9 Å². The minimum absolute atomic E-state index is 0.432. The van der Waals surface area contributed by atoms with Gasteiger partial charge in [-0.05, 0) is 35.7 Å². The van der Waals surface area contributed by atoms with Crippen molar-refractivity contribution >= 4 is 5.97 Å². The molecular weight excluding hydrogens is 228 g/mol. The summed E-state index contributed by atoms with van der Waals surface area (Å²) in [5.74, 6) is -0.520. The van der Waals surface area contributed by atoms with Crippen LogP contribution in [0.1, 0.15) is 15.9 Å². The van der Waals surface area contributed by atoms with Gasteiger partial charge in [-0.1, -0.05) is 36.4 Å². The molecule has 2 aromatic rings. The Balaban J connectivity index is 2.28. The lowest BCUT2D eigenvalue weighted by Gasteiger charge is -2.06. The molecule has 2 rings (SSSR count). The van der Waals surface area contributed by atoms with Crippen molar-refractivity contribution in [2.75, 3.05) is 6.79 Å². The van der Waals surface area contributed by atoms with Crippen LogP contribution in [0.4, 0.5) is 0 Å². The second-order valence-corrected chi connectivity index (χ2v) is 3.95. The summed E-state index contributed by atoms with van der Waals surface area (Å²) in [7, 11) is 0. The monoisotopic (exact) mass is 242 g/mol. The maximum atomic E-state index is 11.4. The largest absolute Gasteiger partial charge is 0.435 e. The highest BCUT2D eigenvalue weighted by atomic mass is 16.6. The van der Waals surface area contributed by atoms with Gasteiger partial charge in [0.1, 0.15) is 0 Å². The molecule has 0 saturated carbocycles. The summed E-state index contributed by atoms with van der Waals surface area (Å²) < 4.78 is 4.51. The van der Waals surface area contributed by atoms with Crippen LogP contribution in [0.25, 0.3) is 11.1 Å². The Bertz CT molecular complexity index is 544. The van der Waals surface area contributed by atoms with Gasteiger partial charge in [-0.2, -0.15) is 0 Å². The van der Waals surface area contributed by atoms with Crippen LogP contribution >= 0.6 is 0 Å². The van der Waals surface area contributed by atoms with Crippen molar-refractivity contribution in [1.29, 1.82) is 0 Å². The molecule has 0 aromatic heterocycles. The quantitative estimate of drug-likeness (QED) is 0.665.